The number of carbonyl (C=O) groups excluding carboxylic acids is 1. The van der Waals surface area contributed by atoms with Crippen LogP contribution in [0.4, 0.5) is 0 Å². The third-order valence-electron chi connectivity index (χ3n) is 1.94. The molecule has 0 heterocycles. The predicted octanol–water partition coefficient (Wildman–Crippen LogP) is 0.390. The summed E-state index contributed by atoms with van der Waals surface area (Å²) in [6, 6.07) is 6.95. The number of aliphatic hydroxyl groups excluding tert-OH is 1. The summed E-state index contributed by atoms with van der Waals surface area (Å²) < 4.78 is 5.99. The van der Waals surface area contributed by atoms with Crippen molar-refractivity contribution in [1.82, 2.24) is 5.32 Å². The van der Waals surface area contributed by atoms with Gasteiger partial charge in [0, 0.05) is 4.47 Å². The van der Waals surface area contributed by atoms with Crippen LogP contribution >= 0.6 is 15.9 Å². The predicted molar refractivity (Wildman–Crippen MR) is 66.3 cm³/mol. The maximum atomic E-state index is 11.3. The lowest BCUT2D eigenvalue weighted by Gasteiger charge is -2.09. The van der Waals surface area contributed by atoms with Crippen molar-refractivity contribution in [3.63, 3.8) is 0 Å². The Bertz CT molecular complexity index is 437. The molecule has 0 radical (unpaired) electrons. The molecule has 1 unspecified atom stereocenters. The second-order valence-electron chi connectivity index (χ2n) is 3.40. The zero-order valence-electron chi connectivity index (χ0n) is 9.30. The molecule has 1 atom stereocenters. The number of benzene rings is 1. The minimum absolute atomic E-state index is 0.247. The zero-order chi connectivity index (χ0) is 13.5. The van der Waals surface area contributed by atoms with Gasteiger partial charge in [-0.2, -0.15) is 0 Å². The van der Waals surface area contributed by atoms with E-state index >= 15 is 0 Å². The van der Waals surface area contributed by atoms with Gasteiger partial charge in [0.2, 0.25) is 0 Å². The van der Waals surface area contributed by atoms with Crippen LogP contribution in [-0.4, -0.2) is 41.3 Å². The van der Waals surface area contributed by atoms with Crippen molar-refractivity contribution in [3.8, 4) is 5.75 Å². The summed E-state index contributed by atoms with van der Waals surface area (Å²) >= 11 is 3.26. The van der Waals surface area contributed by atoms with Crippen molar-refractivity contribution < 1.29 is 24.5 Å². The SMILES string of the molecule is O=C(COc1cccc(Br)c1)NCC(O)C(=O)O. The molecule has 1 aromatic carbocycles. The Kier molecular flexibility index (Phi) is 5.60. The van der Waals surface area contributed by atoms with Gasteiger partial charge in [-0.3, -0.25) is 4.79 Å². The fourth-order valence-electron chi connectivity index (χ4n) is 1.05. The van der Waals surface area contributed by atoms with Gasteiger partial charge in [0.25, 0.3) is 5.91 Å². The van der Waals surface area contributed by atoms with E-state index in [1.807, 2.05) is 6.07 Å². The van der Waals surface area contributed by atoms with Crippen molar-refractivity contribution in [2.75, 3.05) is 13.2 Å². The van der Waals surface area contributed by atoms with Crippen LogP contribution in [0, 0.1) is 0 Å². The molecule has 0 aliphatic rings. The third kappa shape index (κ3) is 5.15. The Balaban J connectivity index is 2.31. The van der Waals surface area contributed by atoms with Crippen LogP contribution in [0.15, 0.2) is 28.7 Å². The van der Waals surface area contributed by atoms with E-state index in [1.165, 1.54) is 0 Å². The fourth-order valence-corrected chi connectivity index (χ4v) is 1.43. The minimum atomic E-state index is -1.61. The van der Waals surface area contributed by atoms with Crippen molar-refractivity contribution in [3.05, 3.63) is 28.7 Å². The molecule has 0 saturated carbocycles. The second-order valence-corrected chi connectivity index (χ2v) is 4.32. The first-order valence-corrected chi connectivity index (χ1v) is 5.84. The number of carboxylic acids is 1. The summed E-state index contributed by atoms with van der Waals surface area (Å²) in [4.78, 5) is 21.6. The van der Waals surface area contributed by atoms with E-state index < -0.39 is 18.0 Å². The van der Waals surface area contributed by atoms with Crippen molar-refractivity contribution >= 4 is 27.8 Å². The Labute approximate surface area is 112 Å². The molecule has 0 fully saturated rings. The van der Waals surface area contributed by atoms with Crippen LogP contribution in [0.5, 0.6) is 5.75 Å². The highest BCUT2D eigenvalue weighted by molar-refractivity contribution is 9.10. The van der Waals surface area contributed by atoms with Crippen LogP contribution in [0.2, 0.25) is 0 Å². The highest BCUT2D eigenvalue weighted by Gasteiger charge is 2.14. The third-order valence-corrected chi connectivity index (χ3v) is 2.44. The first-order chi connectivity index (χ1) is 8.49. The number of halogens is 1. The smallest absolute Gasteiger partial charge is 0.334 e. The number of carbonyl (C=O) groups is 2. The van der Waals surface area contributed by atoms with Crippen LogP contribution < -0.4 is 10.1 Å². The quantitative estimate of drug-likeness (QED) is 0.705. The summed E-state index contributed by atoms with van der Waals surface area (Å²) in [5, 5.41) is 19.6. The van der Waals surface area contributed by atoms with E-state index in [1.54, 1.807) is 18.2 Å². The lowest BCUT2D eigenvalue weighted by molar-refractivity contribution is -0.146. The normalized spacial score (nSPS) is 11.7. The number of ether oxygens (including phenoxy) is 1. The Morgan fingerprint density at radius 2 is 2.17 bits per heavy atom. The topological polar surface area (TPSA) is 95.9 Å². The van der Waals surface area contributed by atoms with Gasteiger partial charge in [-0.05, 0) is 18.2 Å². The first-order valence-electron chi connectivity index (χ1n) is 5.05. The molecule has 0 aliphatic heterocycles. The Hall–Kier alpha value is -1.60. The average molecular weight is 318 g/mol. The van der Waals surface area contributed by atoms with Crippen LogP contribution in [0.1, 0.15) is 0 Å². The summed E-state index contributed by atoms with van der Waals surface area (Å²) in [5.41, 5.74) is 0. The zero-order valence-corrected chi connectivity index (χ0v) is 10.9. The lowest BCUT2D eigenvalue weighted by atomic mass is 10.3. The number of nitrogens with one attached hydrogen (secondary N) is 1. The van der Waals surface area contributed by atoms with E-state index in [9.17, 15) is 9.59 Å². The number of rotatable bonds is 6. The molecular formula is C11H12BrNO5. The summed E-state index contributed by atoms with van der Waals surface area (Å²) in [5.74, 6) is -1.38. The van der Waals surface area contributed by atoms with Gasteiger partial charge in [-0.25, -0.2) is 4.79 Å². The lowest BCUT2D eigenvalue weighted by Crippen LogP contribution is -2.38. The monoisotopic (exact) mass is 317 g/mol. The van der Waals surface area contributed by atoms with Crippen LogP contribution in [0.3, 0.4) is 0 Å². The molecule has 0 aliphatic carbocycles. The molecule has 1 rings (SSSR count). The number of hydrogen-bond donors (Lipinski definition) is 3. The molecule has 6 nitrogen and oxygen atoms in total. The molecule has 1 aromatic rings. The highest BCUT2D eigenvalue weighted by atomic mass is 79.9. The molecular weight excluding hydrogens is 306 g/mol. The number of amides is 1. The van der Waals surface area contributed by atoms with Crippen LogP contribution in [0.25, 0.3) is 0 Å². The molecule has 0 bridgehead atoms. The van der Waals surface area contributed by atoms with Crippen molar-refractivity contribution in [1.29, 1.82) is 0 Å². The van der Waals surface area contributed by atoms with Crippen LogP contribution in [-0.2, 0) is 9.59 Å². The maximum Gasteiger partial charge on any atom is 0.334 e. The number of carboxylic acid groups (broad SMARTS) is 1. The highest BCUT2D eigenvalue weighted by Crippen LogP contribution is 2.17. The van der Waals surface area contributed by atoms with Gasteiger partial charge >= 0.3 is 5.97 Å². The van der Waals surface area contributed by atoms with E-state index in [0.717, 1.165) is 4.47 Å². The van der Waals surface area contributed by atoms with Gasteiger partial charge in [0.05, 0.1) is 6.54 Å². The minimum Gasteiger partial charge on any atom is -0.484 e. The van der Waals surface area contributed by atoms with Crippen molar-refractivity contribution in [2.24, 2.45) is 0 Å². The molecule has 98 valence electrons. The van der Waals surface area contributed by atoms with E-state index in [4.69, 9.17) is 14.9 Å². The van der Waals surface area contributed by atoms with Crippen molar-refractivity contribution in [2.45, 2.75) is 6.10 Å². The molecule has 7 heteroatoms. The number of aliphatic hydroxyl groups is 1. The Morgan fingerprint density at radius 1 is 1.44 bits per heavy atom. The molecule has 18 heavy (non-hydrogen) atoms. The summed E-state index contributed by atoms with van der Waals surface area (Å²) in [6.07, 6.45) is -1.61. The standard InChI is InChI=1S/C11H12BrNO5/c12-7-2-1-3-8(4-7)18-6-10(15)13-5-9(14)11(16)17/h1-4,9,14H,5-6H2,(H,13,15)(H,16,17). The fraction of sp³-hybridized carbons (Fsp3) is 0.273. The van der Waals surface area contributed by atoms with E-state index in [0.29, 0.717) is 5.75 Å². The molecule has 0 spiro atoms. The van der Waals surface area contributed by atoms with E-state index in [2.05, 4.69) is 21.2 Å². The van der Waals surface area contributed by atoms with Gasteiger partial charge in [-0.15, -0.1) is 0 Å². The van der Waals surface area contributed by atoms with E-state index in [-0.39, 0.29) is 13.2 Å². The largest absolute Gasteiger partial charge is 0.484 e. The molecule has 1 amide bonds. The molecule has 0 saturated heterocycles. The number of aliphatic carboxylic acids is 1. The average Bonchev–Trinajstić information content (AvgIpc) is 2.33. The van der Waals surface area contributed by atoms with Gasteiger partial charge in [0.15, 0.2) is 12.7 Å². The summed E-state index contributed by atoms with van der Waals surface area (Å²) in [6.45, 7) is -0.598. The molecule has 3 N–H and O–H groups in total. The first kappa shape index (κ1) is 14.5. The second kappa shape index (κ2) is 6.97. The van der Waals surface area contributed by atoms with Gasteiger partial charge in [-0.1, -0.05) is 22.0 Å². The van der Waals surface area contributed by atoms with Gasteiger partial charge < -0.3 is 20.3 Å². The number of hydrogen-bond acceptors (Lipinski definition) is 4. The Morgan fingerprint density at radius 3 is 2.78 bits per heavy atom. The summed E-state index contributed by atoms with van der Waals surface area (Å²) in [7, 11) is 0. The maximum absolute atomic E-state index is 11.3. The van der Waals surface area contributed by atoms with Gasteiger partial charge in [0.1, 0.15) is 5.75 Å². The molecule has 0 aromatic heterocycles.